The first-order valence-corrected chi connectivity index (χ1v) is 6.22. The van der Waals surface area contributed by atoms with E-state index in [1.807, 2.05) is 17.1 Å². The molecule has 98 valence electrons. The van der Waals surface area contributed by atoms with E-state index in [1.165, 1.54) is 4.80 Å². The number of nitrogens with zero attached hydrogens (tertiary/aromatic N) is 6. The Labute approximate surface area is 106 Å². The highest BCUT2D eigenvalue weighted by atomic mass is 15.6. The fraction of sp³-hybridized carbons (Fsp3) is 0.636. The van der Waals surface area contributed by atoms with Gasteiger partial charge in [0.25, 0.3) is 0 Å². The Morgan fingerprint density at radius 1 is 1.33 bits per heavy atom. The Morgan fingerprint density at radius 2 is 2.22 bits per heavy atom. The molecule has 0 radical (unpaired) electrons. The molecule has 0 aromatic carbocycles. The van der Waals surface area contributed by atoms with Gasteiger partial charge in [-0.2, -0.15) is 4.80 Å². The lowest BCUT2D eigenvalue weighted by Crippen LogP contribution is -2.17. The largest absolute Gasteiger partial charge is 0.329 e. The van der Waals surface area contributed by atoms with Crippen LogP contribution in [0.4, 0.5) is 0 Å². The van der Waals surface area contributed by atoms with Crippen LogP contribution in [0.15, 0.2) is 12.5 Å². The van der Waals surface area contributed by atoms with E-state index in [1.54, 1.807) is 7.05 Å². The van der Waals surface area contributed by atoms with Crippen molar-refractivity contribution in [3.05, 3.63) is 24.0 Å². The van der Waals surface area contributed by atoms with E-state index in [9.17, 15) is 0 Å². The molecule has 0 spiro atoms. The molecule has 7 heteroatoms. The zero-order valence-electron chi connectivity index (χ0n) is 10.9. The number of aromatic nitrogens is 6. The van der Waals surface area contributed by atoms with Gasteiger partial charge in [-0.05, 0) is 18.2 Å². The standard InChI is InChI=1S/C11H19N7/c1-3-5-12-6-4-10-7-18(9-13-10)8-11-14-16-17(2)15-11/h7,9,12H,3-6,8H2,1-2H3. The lowest BCUT2D eigenvalue weighted by Gasteiger charge is -1.99. The van der Waals surface area contributed by atoms with Crippen molar-refractivity contribution in [1.82, 2.24) is 35.1 Å². The molecule has 0 amide bonds. The molecule has 0 aliphatic rings. The van der Waals surface area contributed by atoms with Gasteiger partial charge in [0.2, 0.25) is 0 Å². The summed E-state index contributed by atoms with van der Waals surface area (Å²) in [5.74, 6) is 0.700. The van der Waals surface area contributed by atoms with Crippen LogP contribution in [0.25, 0.3) is 0 Å². The number of tetrazole rings is 1. The molecule has 2 aromatic heterocycles. The van der Waals surface area contributed by atoms with Crippen LogP contribution in [-0.2, 0) is 20.0 Å². The van der Waals surface area contributed by atoms with E-state index in [2.05, 4.69) is 32.6 Å². The molecule has 2 heterocycles. The molecule has 0 atom stereocenters. The van der Waals surface area contributed by atoms with Crippen molar-refractivity contribution in [1.29, 1.82) is 0 Å². The van der Waals surface area contributed by atoms with Crippen molar-refractivity contribution >= 4 is 0 Å². The average Bonchev–Trinajstić information content (AvgIpc) is 2.95. The molecule has 2 rings (SSSR count). The Kier molecular flexibility index (Phi) is 4.40. The number of rotatable bonds is 7. The van der Waals surface area contributed by atoms with Gasteiger partial charge in [0.15, 0.2) is 5.82 Å². The maximum absolute atomic E-state index is 4.36. The maximum atomic E-state index is 4.36. The second-order valence-electron chi connectivity index (χ2n) is 4.23. The number of aryl methyl sites for hydroxylation is 1. The van der Waals surface area contributed by atoms with Crippen LogP contribution in [0.1, 0.15) is 24.9 Å². The first-order chi connectivity index (χ1) is 8.78. The van der Waals surface area contributed by atoms with Crippen LogP contribution in [0.2, 0.25) is 0 Å². The first-order valence-electron chi connectivity index (χ1n) is 6.22. The van der Waals surface area contributed by atoms with Gasteiger partial charge in [-0.15, -0.1) is 10.2 Å². The summed E-state index contributed by atoms with van der Waals surface area (Å²) < 4.78 is 1.98. The summed E-state index contributed by atoms with van der Waals surface area (Å²) in [6, 6.07) is 0. The lowest BCUT2D eigenvalue weighted by molar-refractivity contribution is 0.625. The molecule has 2 aromatic rings. The lowest BCUT2D eigenvalue weighted by atomic mass is 10.3. The van der Waals surface area contributed by atoms with Crippen LogP contribution in [-0.4, -0.2) is 42.8 Å². The highest BCUT2D eigenvalue weighted by Gasteiger charge is 2.03. The number of hydrogen-bond acceptors (Lipinski definition) is 5. The maximum Gasteiger partial charge on any atom is 0.194 e. The van der Waals surface area contributed by atoms with Crippen molar-refractivity contribution < 1.29 is 0 Å². The minimum Gasteiger partial charge on any atom is -0.329 e. The molecular formula is C11H19N7. The summed E-state index contributed by atoms with van der Waals surface area (Å²) >= 11 is 0. The first kappa shape index (κ1) is 12.7. The third-order valence-electron chi connectivity index (χ3n) is 2.55. The molecule has 18 heavy (non-hydrogen) atoms. The molecule has 0 fully saturated rings. The zero-order chi connectivity index (χ0) is 12.8. The van der Waals surface area contributed by atoms with Crippen LogP contribution in [0.5, 0.6) is 0 Å². The van der Waals surface area contributed by atoms with Crippen molar-refractivity contribution in [2.45, 2.75) is 26.3 Å². The van der Waals surface area contributed by atoms with Crippen molar-refractivity contribution in [3.63, 3.8) is 0 Å². The minimum absolute atomic E-state index is 0.614. The SMILES string of the molecule is CCCNCCc1cn(Cc2nnn(C)n2)cn1. The number of hydrogen-bond donors (Lipinski definition) is 1. The van der Waals surface area contributed by atoms with E-state index in [0.29, 0.717) is 12.4 Å². The summed E-state index contributed by atoms with van der Waals surface area (Å²) in [5, 5.41) is 15.2. The highest BCUT2D eigenvalue weighted by molar-refractivity contribution is 4.98. The second-order valence-corrected chi connectivity index (χ2v) is 4.23. The molecule has 0 saturated carbocycles. The van der Waals surface area contributed by atoms with E-state index in [-0.39, 0.29) is 0 Å². The van der Waals surface area contributed by atoms with Crippen LogP contribution in [0.3, 0.4) is 0 Å². The molecule has 1 N–H and O–H groups in total. The van der Waals surface area contributed by atoms with Crippen LogP contribution >= 0.6 is 0 Å². The normalized spacial score (nSPS) is 11.0. The van der Waals surface area contributed by atoms with E-state index in [4.69, 9.17) is 0 Å². The minimum atomic E-state index is 0.614. The predicted octanol–water partition coefficient (Wildman–Crippen LogP) is -0.00300. The second kappa shape index (κ2) is 6.25. The van der Waals surface area contributed by atoms with Crippen LogP contribution < -0.4 is 5.32 Å². The fourth-order valence-corrected chi connectivity index (χ4v) is 1.69. The molecule has 0 aliphatic heterocycles. The average molecular weight is 249 g/mol. The topological polar surface area (TPSA) is 73.5 Å². The third kappa shape index (κ3) is 3.63. The van der Waals surface area contributed by atoms with Gasteiger partial charge in [0, 0.05) is 19.2 Å². The third-order valence-corrected chi connectivity index (χ3v) is 2.55. The Morgan fingerprint density at radius 3 is 2.94 bits per heavy atom. The van der Waals surface area contributed by atoms with Gasteiger partial charge in [-0.3, -0.25) is 0 Å². The van der Waals surface area contributed by atoms with Crippen molar-refractivity contribution in [3.8, 4) is 0 Å². The molecule has 0 bridgehead atoms. The summed E-state index contributed by atoms with van der Waals surface area (Å²) in [6.45, 7) is 4.80. The quantitative estimate of drug-likeness (QED) is 0.699. The molecule has 7 nitrogen and oxygen atoms in total. The van der Waals surface area contributed by atoms with Crippen molar-refractivity contribution in [2.75, 3.05) is 13.1 Å². The van der Waals surface area contributed by atoms with Crippen LogP contribution in [0, 0.1) is 0 Å². The zero-order valence-corrected chi connectivity index (χ0v) is 10.9. The predicted molar refractivity (Wildman–Crippen MR) is 67.0 cm³/mol. The van der Waals surface area contributed by atoms with Gasteiger partial charge in [-0.25, -0.2) is 4.98 Å². The summed E-state index contributed by atoms with van der Waals surface area (Å²) in [4.78, 5) is 5.82. The van der Waals surface area contributed by atoms with Gasteiger partial charge in [-0.1, -0.05) is 6.92 Å². The molecular weight excluding hydrogens is 230 g/mol. The smallest absolute Gasteiger partial charge is 0.194 e. The Bertz CT molecular complexity index is 473. The van der Waals surface area contributed by atoms with Crippen molar-refractivity contribution in [2.24, 2.45) is 7.05 Å². The van der Waals surface area contributed by atoms with E-state index < -0.39 is 0 Å². The summed E-state index contributed by atoms with van der Waals surface area (Å²) in [5.41, 5.74) is 1.09. The summed E-state index contributed by atoms with van der Waals surface area (Å²) in [6.07, 6.45) is 5.95. The molecule has 0 saturated heterocycles. The summed E-state index contributed by atoms with van der Waals surface area (Å²) in [7, 11) is 1.76. The Balaban J connectivity index is 1.82. The van der Waals surface area contributed by atoms with Gasteiger partial charge in [0.1, 0.15) is 0 Å². The van der Waals surface area contributed by atoms with E-state index >= 15 is 0 Å². The van der Waals surface area contributed by atoms with Gasteiger partial charge >= 0.3 is 0 Å². The monoisotopic (exact) mass is 249 g/mol. The van der Waals surface area contributed by atoms with E-state index in [0.717, 1.165) is 31.6 Å². The Hall–Kier alpha value is -1.76. The molecule has 0 unspecified atom stereocenters. The van der Waals surface area contributed by atoms with Gasteiger partial charge < -0.3 is 9.88 Å². The number of nitrogens with one attached hydrogen (secondary N) is 1. The molecule has 0 aliphatic carbocycles. The van der Waals surface area contributed by atoms with Gasteiger partial charge in [0.05, 0.1) is 25.6 Å². The highest BCUT2D eigenvalue weighted by Crippen LogP contribution is 1.99. The number of imidazole rings is 1. The fourth-order valence-electron chi connectivity index (χ4n) is 1.69.